The summed E-state index contributed by atoms with van der Waals surface area (Å²) in [5, 5.41) is 16.9. The van der Waals surface area contributed by atoms with Gasteiger partial charge in [-0.1, -0.05) is 6.07 Å². The molecule has 4 aromatic rings. The third-order valence-electron chi connectivity index (χ3n) is 5.04. The fraction of sp³-hybridized carbons (Fsp3) is 0.250. The van der Waals surface area contributed by atoms with Crippen molar-refractivity contribution in [3.63, 3.8) is 0 Å². The number of ether oxygens (including phenoxy) is 1. The van der Waals surface area contributed by atoms with E-state index in [1.807, 2.05) is 0 Å². The van der Waals surface area contributed by atoms with Crippen molar-refractivity contribution in [1.82, 2.24) is 19.6 Å². The van der Waals surface area contributed by atoms with Crippen molar-refractivity contribution < 1.29 is 18.3 Å². The lowest BCUT2D eigenvalue weighted by Crippen LogP contribution is -2.27. The van der Waals surface area contributed by atoms with Crippen LogP contribution in [0.25, 0.3) is 33.3 Å². The van der Waals surface area contributed by atoms with Crippen LogP contribution in [0.2, 0.25) is 0 Å². The van der Waals surface area contributed by atoms with Gasteiger partial charge in [0, 0.05) is 29.8 Å². The molecular formula is C24H22ClF2N5O2. The Morgan fingerprint density at radius 3 is 2.38 bits per heavy atom. The van der Waals surface area contributed by atoms with Gasteiger partial charge in [-0.25, -0.2) is 13.6 Å². The number of nitrogens with one attached hydrogen (secondary N) is 1. The third kappa shape index (κ3) is 4.43. The fourth-order valence-electron chi connectivity index (χ4n) is 3.58. The summed E-state index contributed by atoms with van der Waals surface area (Å²) in [5.41, 5.74) is 0.696. The Kier molecular flexibility index (Phi) is 5.99. The van der Waals surface area contributed by atoms with Gasteiger partial charge in [0.2, 0.25) is 0 Å². The quantitative estimate of drug-likeness (QED) is 0.293. The fourth-order valence-corrected chi connectivity index (χ4v) is 3.73. The van der Waals surface area contributed by atoms with Crippen LogP contribution in [0.15, 0.2) is 42.7 Å². The van der Waals surface area contributed by atoms with Crippen LogP contribution in [0, 0.1) is 17.0 Å². The molecule has 0 saturated carbocycles. The monoisotopic (exact) mass is 485 g/mol. The maximum atomic E-state index is 15.0. The van der Waals surface area contributed by atoms with Crippen molar-refractivity contribution in [2.75, 3.05) is 5.88 Å². The Balaban J connectivity index is 1.91. The number of nitrogens with zero attached hydrogens (tertiary/aromatic N) is 4. The molecular weight excluding hydrogens is 464 g/mol. The standard InChI is InChI=1S/C24H22ClF2N5O2/c1-24(2,3)34-23(33)32-20-6-5-13(7-16(20)22(30-32)15-11-29-31(4)12-15)21-17(26)8-14(9-18(21)27)19(28)10-25/h5-9,11-12,28H,10H2,1-4H3. The molecule has 0 fully saturated rings. The largest absolute Gasteiger partial charge is 0.442 e. The summed E-state index contributed by atoms with van der Waals surface area (Å²) in [6.45, 7) is 5.24. The number of aryl methyl sites for hydroxylation is 1. The first-order valence-corrected chi connectivity index (χ1v) is 10.9. The zero-order chi connectivity index (χ0) is 24.8. The number of halogens is 3. The van der Waals surface area contributed by atoms with E-state index in [-0.39, 0.29) is 28.3 Å². The van der Waals surface area contributed by atoms with Crippen molar-refractivity contribution in [2.45, 2.75) is 26.4 Å². The summed E-state index contributed by atoms with van der Waals surface area (Å²) < 4.78 is 38.1. The van der Waals surface area contributed by atoms with Gasteiger partial charge in [-0.05, 0) is 50.6 Å². The molecule has 0 saturated heterocycles. The molecule has 2 aromatic heterocycles. The molecule has 0 unspecified atom stereocenters. The molecule has 0 atom stereocenters. The average molecular weight is 486 g/mol. The summed E-state index contributed by atoms with van der Waals surface area (Å²) >= 11 is 5.64. The second-order valence-corrected chi connectivity index (χ2v) is 9.07. The zero-order valence-electron chi connectivity index (χ0n) is 19.0. The van der Waals surface area contributed by atoms with Gasteiger partial charge in [-0.3, -0.25) is 4.68 Å². The van der Waals surface area contributed by atoms with Gasteiger partial charge in [-0.2, -0.15) is 14.9 Å². The number of carbonyl (C=O) groups excluding carboxylic acids is 1. The first kappa shape index (κ1) is 23.6. The number of carbonyl (C=O) groups is 1. The third-order valence-corrected chi connectivity index (χ3v) is 5.30. The molecule has 176 valence electrons. The molecule has 0 spiro atoms. The normalized spacial score (nSPS) is 11.7. The van der Waals surface area contributed by atoms with Crippen molar-refractivity contribution in [3.05, 3.63) is 59.9 Å². The summed E-state index contributed by atoms with van der Waals surface area (Å²) in [5.74, 6) is -1.82. The molecule has 7 nitrogen and oxygen atoms in total. The number of hydrogen-bond acceptors (Lipinski definition) is 5. The molecule has 34 heavy (non-hydrogen) atoms. The van der Waals surface area contributed by atoms with E-state index in [9.17, 15) is 13.6 Å². The van der Waals surface area contributed by atoms with E-state index < -0.39 is 23.3 Å². The van der Waals surface area contributed by atoms with Gasteiger partial charge >= 0.3 is 6.09 Å². The van der Waals surface area contributed by atoms with Crippen LogP contribution >= 0.6 is 11.6 Å². The van der Waals surface area contributed by atoms with Crippen LogP contribution in [-0.4, -0.2) is 42.8 Å². The lowest BCUT2D eigenvalue weighted by atomic mass is 9.98. The highest BCUT2D eigenvalue weighted by atomic mass is 35.5. The van der Waals surface area contributed by atoms with Crippen LogP contribution in [0.3, 0.4) is 0 Å². The second kappa shape index (κ2) is 8.64. The Labute approximate surface area is 199 Å². The summed E-state index contributed by atoms with van der Waals surface area (Å²) in [6, 6.07) is 6.81. The van der Waals surface area contributed by atoms with Crippen molar-refractivity contribution in [2.24, 2.45) is 7.05 Å². The Bertz CT molecular complexity index is 1410. The van der Waals surface area contributed by atoms with Crippen LogP contribution < -0.4 is 0 Å². The van der Waals surface area contributed by atoms with Gasteiger partial charge in [0.05, 0.1) is 28.9 Å². The van der Waals surface area contributed by atoms with E-state index in [0.717, 1.165) is 16.8 Å². The molecule has 0 aliphatic rings. The van der Waals surface area contributed by atoms with E-state index in [0.29, 0.717) is 22.2 Å². The topological polar surface area (TPSA) is 85.8 Å². The van der Waals surface area contributed by atoms with E-state index in [4.69, 9.17) is 21.7 Å². The minimum atomic E-state index is -0.827. The minimum Gasteiger partial charge on any atom is -0.442 e. The van der Waals surface area contributed by atoms with E-state index in [1.54, 1.807) is 57.0 Å². The molecule has 0 aliphatic carbocycles. The smallest absolute Gasteiger partial charge is 0.435 e. The number of benzene rings is 2. The van der Waals surface area contributed by atoms with Gasteiger partial charge in [0.1, 0.15) is 22.9 Å². The van der Waals surface area contributed by atoms with Gasteiger partial charge in [0.15, 0.2) is 0 Å². The first-order valence-electron chi connectivity index (χ1n) is 10.4. The van der Waals surface area contributed by atoms with Crippen LogP contribution in [0.4, 0.5) is 13.6 Å². The molecule has 0 amide bonds. The number of fused-ring (bicyclic) bond motifs is 1. The van der Waals surface area contributed by atoms with E-state index >= 15 is 0 Å². The molecule has 0 radical (unpaired) electrons. The molecule has 2 aromatic carbocycles. The summed E-state index contributed by atoms with van der Waals surface area (Å²) in [7, 11) is 1.74. The number of alkyl halides is 1. The van der Waals surface area contributed by atoms with Gasteiger partial charge in [0.25, 0.3) is 0 Å². The molecule has 10 heteroatoms. The predicted molar refractivity (Wildman–Crippen MR) is 126 cm³/mol. The highest BCUT2D eigenvalue weighted by molar-refractivity contribution is 6.31. The average Bonchev–Trinajstić information content (AvgIpc) is 3.34. The van der Waals surface area contributed by atoms with E-state index in [2.05, 4.69) is 10.2 Å². The minimum absolute atomic E-state index is 0.0728. The van der Waals surface area contributed by atoms with Crippen molar-refractivity contribution in [3.8, 4) is 22.4 Å². The van der Waals surface area contributed by atoms with Crippen LogP contribution in [0.1, 0.15) is 26.3 Å². The second-order valence-electron chi connectivity index (χ2n) is 8.80. The predicted octanol–water partition coefficient (Wildman–Crippen LogP) is 5.77. The molecule has 0 bridgehead atoms. The number of rotatable bonds is 4. The van der Waals surface area contributed by atoms with E-state index in [1.165, 1.54) is 6.07 Å². The SMILES string of the molecule is Cn1cc(-c2nn(C(=O)OC(C)(C)C)c3ccc(-c4c(F)cc(C(=N)CCl)cc4F)cc23)cn1. The first-order chi connectivity index (χ1) is 16.0. The van der Waals surface area contributed by atoms with Crippen LogP contribution in [0.5, 0.6) is 0 Å². The van der Waals surface area contributed by atoms with Gasteiger partial charge in [-0.15, -0.1) is 11.6 Å². The van der Waals surface area contributed by atoms with Crippen LogP contribution in [-0.2, 0) is 11.8 Å². The summed E-state index contributed by atoms with van der Waals surface area (Å²) in [6.07, 6.45) is 2.63. The highest BCUT2D eigenvalue weighted by Crippen LogP contribution is 2.34. The zero-order valence-corrected chi connectivity index (χ0v) is 19.7. The lowest BCUT2D eigenvalue weighted by Gasteiger charge is -2.19. The lowest BCUT2D eigenvalue weighted by molar-refractivity contribution is 0.0523. The molecule has 2 heterocycles. The highest BCUT2D eigenvalue weighted by Gasteiger charge is 2.24. The van der Waals surface area contributed by atoms with Crippen molar-refractivity contribution >= 4 is 34.3 Å². The van der Waals surface area contributed by atoms with Gasteiger partial charge < -0.3 is 10.1 Å². The summed E-state index contributed by atoms with van der Waals surface area (Å²) in [4.78, 5) is 12.8. The molecule has 4 rings (SSSR count). The Morgan fingerprint density at radius 2 is 1.82 bits per heavy atom. The maximum absolute atomic E-state index is 15.0. The van der Waals surface area contributed by atoms with Crippen molar-refractivity contribution in [1.29, 1.82) is 5.41 Å². The molecule has 1 N–H and O–H groups in total. The maximum Gasteiger partial charge on any atom is 0.435 e. The molecule has 0 aliphatic heterocycles. The Hall–Kier alpha value is -3.59. The Morgan fingerprint density at radius 1 is 1.15 bits per heavy atom. The number of aromatic nitrogens is 4. The number of hydrogen-bond donors (Lipinski definition) is 1.